The molecular weight excluding hydrogens is 264 g/mol. The van der Waals surface area contributed by atoms with E-state index in [9.17, 15) is 0 Å². The molecule has 1 N–H and O–H groups in total. The van der Waals surface area contributed by atoms with Crippen molar-refractivity contribution in [2.45, 2.75) is 32.2 Å². The Hall–Kier alpha value is -2.68. The summed E-state index contributed by atoms with van der Waals surface area (Å²) in [5.74, 6) is 0. The lowest BCUT2D eigenvalue weighted by molar-refractivity contribution is 0.289. The normalized spacial score (nSPS) is 14.1. The highest BCUT2D eigenvalue weighted by atomic mass is 15.3. The third kappa shape index (κ3) is 2.50. The van der Waals surface area contributed by atoms with Gasteiger partial charge in [-0.05, 0) is 25.3 Å². The van der Waals surface area contributed by atoms with E-state index in [2.05, 4.69) is 30.9 Å². The van der Waals surface area contributed by atoms with Gasteiger partial charge in [-0.3, -0.25) is 4.68 Å². The molecule has 0 radical (unpaired) electrons. The summed E-state index contributed by atoms with van der Waals surface area (Å²) < 4.78 is 2.07. The number of H-pyrrole nitrogens is 1. The highest BCUT2D eigenvalue weighted by molar-refractivity contribution is 5.89. The third-order valence-corrected chi connectivity index (χ3v) is 3.68. The molecule has 0 unspecified atom stereocenters. The second-order valence-electron chi connectivity index (χ2n) is 4.98. The van der Waals surface area contributed by atoms with Crippen molar-refractivity contribution >= 4 is 11.0 Å². The van der Waals surface area contributed by atoms with Crippen molar-refractivity contribution in [1.29, 1.82) is 5.26 Å². The lowest BCUT2D eigenvalue weighted by Crippen LogP contribution is -2.16. The molecular formula is C15H18N6. The Morgan fingerprint density at radius 1 is 1.43 bits per heavy atom. The predicted octanol–water partition coefficient (Wildman–Crippen LogP) is 3.32. The maximum Gasteiger partial charge on any atom is 0.141 e. The molecule has 4 rings (SSSR count). The molecule has 1 aliphatic carbocycles. The van der Waals surface area contributed by atoms with Crippen LogP contribution in [0.25, 0.3) is 22.3 Å². The largest absolute Gasteiger partial charge is 0.346 e. The van der Waals surface area contributed by atoms with E-state index in [1.54, 1.807) is 12.4 Å². The van der Waals surface area contributed by atoms with Crippen molar-refractivity contribution < 1.29 is 1.43 Å². The molecule has 108 valence electrons. The van der Waals surface area contributed by atoms with Crippen LogP contribution >= 0.6 is 0 Å². The zero-order valence-electron chi connectivity index (χ0n) is 11.8. The van der Waals surface area contributed by atoms with E-state index in [0.29, 0.717) is 6.04 Å². The third-order valence-electron chi connectivity index (χ3n) is 3.68. The van der Waals surface area contributed by atoms with Gasteiger partial charge in [-0.1, -0.05) is 0 Å². The number of nitrogens with zero attached hydrogens (tertiary/aromatic N) is 5. The van der Waals surface area contributed by atoms with E-state index in [1.807, 2.05) is 18.5 Å². The monoisotopic (exact) mass is 282 g/mol. The van der Waals surface area contributed by atoms with Gasteiger partial charge in [0.25, 0.3) is 0 Å². The first kappa shape index (κ1) is 13.3. The van der Waals surface area contributed by atoms with Crippen LogP contribution in [0.15, 0.2) is 31.0 Å². The van der Waals surface area contributed by atoms with Crippen molar-refractivity contribution in [1.82, 2.24) is 24.7 Å². The zero-order chi connectivity index (χ0) is 14.7. The number of nitrogens with one attached hydrogen (secondary N) is 1. The minimum atomic E-state index is 0. The van der Waals surface area contributed by atoms with Crippen LogP contribution in [-0.2, 0) is 0 Å². The van der Waals surface area contributed by atoms with Crippen molar-refractivity contribution in [3.63, 3.8) is 0 Å². The molecule has 21 heavy (non-hydrogen) atoms. The van der Waals surface area contributed by atoms with Crippen LogP contribution in [0.1, 0.15) is 33.7 Å². The quantitative estimate of drug-likeness (QED) is 0.781. The fraction of sp³-hybridized carbons (Fsp3) is 0.333. The predicted molar refractivity (Wildman–Crippen MR) is 81.4 cm³/mol. The molecule has 0 bridgehead atoms. The standard InChI is InChI=1S/C13H13N5.C2H3N.H2/c1-2-10(3-1)18-7-9(6-17-18)12-11-4-5-14-13(11)16-8-15-12;1-2-3;/h4-8,10H,1-3H2,(H,14,15,16);1H3;1H. The van der Waals surface area contributed by atoms with Gasteiger partial charge in [-0.2, -0.15) is 10.4 Å². The molecule has 6 heteroatoms. The summed E-state index contributed by atoms with van der Waals surface area (Å²) in [6, 6.07) is 4.34. The van der Waals surface area contributed by atoms with Gasteiger partial charge in [0.2, 0.25) is 0 Å². The van der Waals surface area contributed by atoms with Crippen LogP contribution in [-0.4, -0.2) is 24.7 Å². The molecule has 1 fully saturated rings. The average molecular weight is 282 g/mol. The lowest BCUT2D eigenvalue weighted by Gasteiger charge is -2.25. The summed E-state index contributed by atoms with van der Waals surface area (Å²) in [5, 5.41) is 12.8. The van der Waals surface area contributed by atoms with Gasteiger partial charge in [0.05, 0.1) is 24.0 Å². The topological polar surface area (TPSA) is 83.2 Å². The fourth-order valence-corrected chi connectivity index (χ4v) is 2.41. The number of hydrogen-bond donors (Lipinski definition) is 1. The smallest absolute Gasteiger partial charge is 0.141 e. The van der Waals surface area contributed by atoms with Crippen LogP contribution in [0.2, 0.25) is 0 Å². The number of aromatic nitrogens is 5. The summed E-state index contributed by atoms with van der Waals surface area (Å²) in [4.78, 5) is 11.7. The van der Waals surface area contributed by atoms with E-state index in [-0.39, 0.29) is 1.43 Å². The van der Waals surface area contributed by atoms with Gasteiger partial charge in [-0.15, -0.1) is 0 Å². The molecule has 0 atom stereocenters. The molecule has 3 aromatic rings. The van der Waals surface area contributed by atoms with Crippen molar-refractivity contribution in [2.75, 3.05) is 0 Å². The van der Waals surface area contributed by atoms with E-state index in [4.69, 9.17) is 5.26 Å². The van der Waals surface area contributed by atoms with Gasteiger partial charge in [-0.25, -0.2) is 9.97 Å². The SMILES string of the molecule is CC#N.[HH].c1nc(-c2cnn(C3CCC3)c2)c2cc[nH]c2n1. The van der Waals surface area contributed by atoms with Crippen molar-refractivity contribution in [2.24, 2.45) is 0 Å². The summed E-state index contributed by atoms with van der Waals surface area (Å²) in [6.45, 7) is 1.43. The van der Waals surface area contributed by atoms with Crippen molar-refractivity contribution in [3.8, 4) is 17.3 Å². The molecule has 3 aromatic heterocycles. The van der Waals surface area contributed by atoms with Crippen molar-refractivity contribution in [3.05, 3.63) is 31.0 Å². The maximum absolute atomic E-state index is 7.32. The number of nitriles is 1. The van der Waals surface area contributed by atoms with Crippen LogP contribution in [0, 0.1) is 11.3 Å². The highest BCUT2D eigenvalue weighted by Crippen LogP contribution is 2.32. The summed E-state index contributed by atoms with van der Waals surface area (Å²) in [5.41, 5.74) is 2.89. The molecule has 0 saturated heterocycles. The number of aromatic amines is 1. The van der Waals surface area contributed by atoms with E-state index >= 15 is 0 Å². The van der Waals surface area contributed by atoms with Gasteiger partial charge in [0.1, 0.15) is 12.0 Å². The molecule has 1 saturated carbocycles. The van der Waals surface area contributed by atoms with Crippen LogP contribution in [0.3, 0.4) is 0 Å². The second-order valence-corrected chi connectivity index (χ2v) is 4.98. The first-order valence-corrected chi connectivity index (χ1v) is 6.97. The van der Waals surface area contributed by atoms with Crippen LogP contribution in [0.4, 0.5) is 0 Å². The maximum atomic E-state index is 7.32. The Morgan fingerprint density at radius 2 is 2.24 bits per heavy atom. The molecule has 0 aromatic carbocycles. The Labute approximate surface area is 123 Å². The molecule has 0 amide bonds. The second kappa shape index (κ2) is 5.75. The first-order chi connectivity index (χ1) is 10.3. The zero-order valence-corrected chi connectivity index (χ0v) is 11.8. The number of hydrogen-bond acceptors (Lipinski definition) is 4. The number of fused-ring (bicyclic) bond motifs is 1. The highest BCUT2D eigenvalue weighted by Gasteiger charge is 2.20. The average Bonchev–Trinajstić information content (AvgIpc) is 3.05. The Balaban J connectivity index is 0.000000411. The Kier molecular flexibility index (Phi) is 3.65. The Bertz CT molecular complexity index is 781. The molecule has 0 aliphatic heterocycles. The summed E-state index contributed by atoms with van der Waals surface area (Å²) in [7, 11) is 0. The first-order valence-electron chi connectivity index (χ1n) is 6.97. The van der Waals surface area contributed by atoms with Gasteiger partial charge < -0.3 is 4.98 Å². The van der Waals surface area contributed by atoms with Crippen LogP contribution < -0.4 is 0 Å². The minimum absolute atomic E-state index is 0. The fourth-order valence-electron chi connectivity index (χ4n) is 2.41. The van der Waals surface area contributed by atoms with E-state index < -0.39 is 0 Å². The van der Waals surface area contributed by atoms with Crippen LogP contribution in [0.5, 0.6) is 0 Å². The minimum Gasteiger partial charge on any atom is -0.346 e. The molecule has 6 nitrogen and oxygen atoms in total. The van der Waals surface area contributed by atoms with Gasteiger partial charge in [0.15, 0.2) is 0 Å². The number of rotatable bonds is 2. The summed E-state index contributed by atoms with van der Waals surface area (Å²) >= 11 is 0. The Morgan fingerprint density at radius 3 is 2.95 bits per heavy atom. The summed E-state index contributed by atoms with van der Waals surface area (Å²) in [6.07, 6.45) is 11.3. The lowest BCUT2D eigenvalue weighted by atomic mass is 9.93. The molecule has 3 heterocycles. The molecule has 1 aliphatic rings. The van der Waals surface area contributed by atoms with Gasteiger partial charge in [0, 0.05) is 31.7 Å². The van der Waals surface area contributed by atoms with Gasteiger partial charge >= 0.3 is 0 Å². The van der Waals surface area contributed by atoms with E-state index in [1.165, 1.54) is 26.2 Å². The van der Waals surface area contributed by atoms with E-state index in [0.717, 1.165) is 22.3 Å². The molecule has 0 spiro atoms.